The molecule has 0 rings (SSSR count). The number of unbranched alkanes of at least 4 members (excludes halogenated alkanes) is 1. The molecule has 0 spiro atoms. The van der Waals surface area contributed by atoms with Crippen molar-refractivity contribution in [1.29, 1.82) is 0 Å². The summed E-state index contributed by atoms with van der Waals surface area (Å²) in [6.07, 6.45) is 10.9. The van der Waals surface area contributed by atoms with Gasteiger partial charge in [0.05, 0.1) is 0 Å². The SMILES string of the molecule is C#CCCCC(NCC)C(CC)(CC)N(C)C. The molecule has 0 heterocycles. The third-order valence-corrected chi connectivity index (χ3v) is 4.03. The number of terminal acetylenes is 1. The summed E-state index contributed by atoms with van der Waals surface area (Å²) < 4.78 is 0. The second-order valence-electron chi connectivity index (χ2n) is 4.91. The van der Waals surface area contributed by atoms with Gasteiger partial charge in [0, 0.05) is 18.0 Å². The molecule has 2 nitrogen and oxygen atoms in total. The van der Waals surface area contributed by atoms with E-state index in [1.807, 2.05) is 0 Å². The highest BCUT2D eigenvalue weighted by Crippen LogP contribution is 2.28. The van der Waals surface area contributed by atoms with E-state index in [-0.39, 0.29) is 5.54 Å². The first-order valence-electron chi connectivity index (χ1n) is 6.93. The van der Waals surface area contributed by atoms with Gasteiger partial charge in [0.1, 0.15) is 0 Å². The topological polar surface area (TPSA) is 15.3 Å². The smallest absolute Gasteiger partial charge is 0.0351 e. The normalized spacial score (nSPS) is 13.7. The molecule has 0 amide bonds. The van der Waals surface area contributed by atoms with Crippen LogP contribution in [0.5, 0.6) is 0 Å². The molecule has 0 saturated carbocycles. The highest BCUT2D eigenvalue weighted by molar-refractivity contribution is 4.97. The summed E-state index contributed by atoms with van der Waals surface area (Å²) in [5.74, 6) is 2.74. The molecule has 0 saturated heterocycles. The molecular weight excluding hydrogens is 208 g/mol. The molecule has 1 atom stereocenters. The molecule has 2 heteroatoms. The van der Waals surface area contributed by atoms with E-state index in [1.165, 1.54) is 12.8 Å². The summed E-state index contributed by atoms with van der Waals surface area (Å²) in [4.78, 5) is 2.39. The number of nitrogens with one attached hydrogen (secondary N) is 1. The van der Waals surface area contributed by atoms with Gasteiger partial charge in [-0.2, -0.15) is 0 Å². The Bertz CT molecular complexity index is 224. The summed E-state index contributed by atoms with van der Waals surface area (Å²) in [7, 11) is 4.39. The highest BCUT2D eigenvalue weighted by Gasteiger charge is 2.36. The Balaban J connectivity index is 4.76. The lowest BCUT2D eigenvalue weighted by molar-refractivity contribution is 0.0841. The van der Waals surface area contributed by atoms with Gasteiger partial charge in [0.25, 0.3) is 0 Å². The summed E-state index contributed by atoms with van der Waals surface area (Å²) in [6.45, 7) is 7.78. The standard InChI is InChI=1S/C15H30N2/c1-7-11-12-13-14(16-10-4)15(8-2,9-3)17(5)6/h1,14,16H,8-13H2,2-6H3. The van der Waals surface area contributed by atoms with Crippen molar-refractivity contribution in [3.63, 3.8) is 0 Å². The molecule has 0 aromatic heterocycles. The van der Waals surface area contributed by atoms with Crippen LogP contribution in [0.25, 0.3) is 0 Å². The van der Waals surface area contributed by atoms with E-state index in [0.29, 0.717) is 6.04 Å². The average Bonchev–Trinajstić information content (AvgIpc) is 2.31. The fraction of sp³-hybridized carbons (Fsp3) is 0.867. The van der Waals surface area contributed by atoms with Crippen LogP contribution in [0.15, 0.2) is 0 Å². The van der Waals surface area contributed by atoms with Crippen molar-refractivity contribution in [2.75, 3.05) is 20.6 Å². The van der Waals surface area contributed by atoms with Crippen LogP contribution in [0.2, 0.25) is 0 Å². The van der Waals surface area contributed by atoms with Crippen molar-refractivity contribution < 1.29 is 0 Å². The second-order valence-corrected chi connectivity index (χ2v) is 4.91. The number of likely N-dealkylation sites (N-methyl/N-ethyl adjacent to an activating group) is 2. The molecular formula is C15H30N2. The second kappa shape index (κ2) is 8.55. The van der Waals surface area contributed by atoms with Crippen LogP contribution in [0.4, 0.5) is 0 Å². The number of nitrogens with zero attached hydrogens (tertiary/aromatic N) is 1. The Hall–Kier alpha value is -0.520. The molecule has 0 aliphatic rings. The highest BCUT2D eigenvalue weighted by atomic mass is 15.2. The lowest BCUT2D eigenvalue weighted by atomic mass is 9.80. The molecule has 0 bridgehead atoms. The van der Waals surface area contributed by atoms with E-state index in [0.717, 1.165) is 25.8 Å². The Kier molecular flexibility index (Phi) is 8.29. The van der Waals surface area contributed by atoms with Crippen LogP contribution in [-0.4, -0.2) is 37.1 Å². The molecule has 100 valence electrons. The molecule has 0 aromatic rings. The van der Waals surface area contributed by atoms with Crippen LogP contribution < -0.4 is 5.32 Å². The Morgan fingerprint density at radius 1 is 1.24 bits per heavy atom. The predicted molar refractivity (Wildman–Crippen MR) is 77.1 cm³/mol. The molecule has 0 radical (unpaired) electrons. The monoisotopic (exact) mass is 238 g/mol. The molecule has 0 aliphatic carbocycles. The van der Waals surface area contributed by atoms with E-state index in [4.69, 9.17) is 6.42 Å². The van der Waals surface area contributed by atoms with Gasteiger partial charge >= 0.3 is 0 Å². The zero-order valence-electron chi connectivity index (χ0n) is 12.3. The third-order valence-electron chi connectivity index (χ3n) is 4.03. The first-order valence-corrected chi connectivity index (χ1v) is 6.93. The van der Waals surface area contributed by atoms with Crippen LogP contribution in [0.3, 0.4) is 0 Å². The van der Waals surface area contributed by atoms with Crippen molar-refractivity contribution >= 4 is 0 Å². The van der Waals surface area contributed by atoms with E-state index in [9.17, 15) is 0 Å². The summed E-state index contributed by atoms with van der Waals surface area (Å²) in [5, 5.41) is 3.66. The molecule has 17 heavy (non-hydrogen) atoms. The van der Waals surface area contributed by atoms with Crippen LogP contribution in [0.1, 0.15) is 52.9 Å². The van der Waals surface area contributed by atoms with Gasteiger partial charge in [-0.05, 0) is 46.3 Å². The average molecular weight is 238 g/mol. The number of hydrogen-bond donors (Lipinski definition) is 1. The number of hydrogen-bond acceptors (Lipinski definition) is 2. The van der Waals surface area contributed by atoms with Gasteiger partial charge in [-0.3, -0.25) is 0 Å². The van der Waals surface area contributed by atoms with Crippen LogP contribution in [0, 0.1) is 12.3 Å². The van der Waals surface area contributed by atoms with E-state index < -0.39 is 0 Å². The Morgan fingerprint density at radius 3 is 2.18 bits per heavy atom. The maximum Gasteiger partial charge on any atom is 0.0351 e. The van der Waals surface area contributed by atoms with E-state index in [2.05, 4.69) is 51.0 Å². The fourth-order valence-corrected chi connectivity index (χ4v) is 2.90. The summed E-state index contributed by atoms with van der Waals surface area (Å²) in [6, 6.07) is 0.533. The molecule has 1 N–H and O–H groups in total. The lowest BCUT2D eigenvalue weighted by Gasteiger charge is -2.45. The predicted octanol–water partition coefficient (Wildman–Crippen LogP) is 2.89. The molecule has 0 aromatic carbocycles. The largest absolute Gasteiger partial charge is 0.312 e. The van der Waals surface area contributed by atoms with Gasteiger partial charge in [0.2, 0.25) is 0 Å². The van der Waals surface area contributed by atoms with Crippen LogP contribution >= 0.6 is 0 Å². The first kappa shape index (κ1) is 16.5. The summed E-state index contributed by atoms with van der Waals surface area (Å²) in [5.41, 5.74) is 0.255. The maximum atomic E-state index is 5.34. The van der Waals surface area contributed by atoms with E-state index in [1.54, 1.807) is 0 Å². The zero-order chi connectivity index (χ0) is 13.3. The lowest BCUT2D eigenvalue weighted by Crippen LogP contribution is -2.58. The maximum absolute atomic E-state index is 5.34. The quantitative estimate of drug-likeness (QED) is 0.491. The van der Waals surface area contributed by atoms with Gasteiger partial charge in [-0.25, -0.2) is 0 Å². The number of rotatable bonds is 9. The van der Waals surface area contributed by atoms with Crippen LogP contribution in [-0.2, 0) is 0 Å². The fourth-order valence-electron chi connectivity index (χ4n) is 2.90. The van der Waals surface area contributed by atoms with Crippen molar-refractivity contribution in [3.8, 4) is 12.3 Å². The van der Waals surface area contributed by atoms with Gasteiger partial charge in [-0.1, -0.05) is 20.8 Å². The first-order chi connectivity index (χ1) is 8.08. The molecule has 1 unspecified atom stereocenters. The van der Waals surface area contributed by atoms with Crippen molar-refractivity contribution in [1.82, 2.24) is 10.2 Å². The third kappa shape index (κ3) is 4.33. The van der Waals surface area contributed by atoms with Gasteiger partial charge < -0.3 is 10.2 Å². The molecule has 0 aliphatic heterocycles. The van der Waals surface area contributed by atoms with Crippen molar-refractivity contribution in [2.24, 2.45) is 0 Å². The van der Waals surface area contributed by atoms with Gasteiger partial charge in [-0.15, -0.1) is 12.3 Å². The minimum atomic E-state index is 0.255. The van der Waals surface area contributed by atoms with Gasteiger partial charge in [0.15, 0.2) is 0 Å². The summed E-state index contributed by atoms with van der Waals surface area (Å²) >= 11 is 0. The van der Waals surface area contributed by atoms with Crippen molar-refractivity contribution in [2.45, 2.75) is 64.5 Å². The zero-order valence-corrected chi connectivity index (χ0v) is 12.3. The Morgan fingerprint density at radius 2 is 1.82 bits per heavy atom. The minimum absolute atomic E-state index is 0.255. The minimum Gasteiger partial charge on any atom is -0.312 e. The molecule has 0 fully saturated rings. The van der Waals surface area contributed by atoms with Crippen molar-refractivity contribution in [3.05, 3.63) is 0 Å². The van der Waals surface area contributed by atoms with E-state index >= 15 is 0 Å². The Labute approximate surface area is 108 Å².